The summed E-state index contributed by atoms with van der Waals surface area (Å²) in [5, 5.41) is 5.63. The number of carbonyl (C=O) groups excluding carboxylic acids is 4. The Labute approximate surface area is 386 Å². The molecule has 3 saturated heterocycles. The normalized spacial score (nSPS) is 18.4. The fraction of sp³-hybridized carbons (Fsp3) is 0.340. The molecule has 17 heteroatoms. The number of amides is 4. The van der Waals surface area contributed by atoms with E-state index < -0.39 is 35.9 Å². The smallest absolute Gasteiger partial charge is 0.407 e. The highest BCUT2D eigenvalue weighted by atomic mass is 19.1. The second kappa shape index (κ2) is 20.0. The molecule has 67 heavy (non-hydrogen) atoms. The van der Waals surface area contributed by atoms with Crippen LogP contribution in [0.25, 0.3) is 11.3 Å². The quantitative estimate of drug-likeness (QED) is 0.0920. The number of H-pyrrole nitrogens is 2. The van der Waals surface area contributed by atoms with Crippen molar-refractivity contribution in [1.82, 2.24) is 45.4 Å². The van der Waals surface area contributed by atoms with Gasteiger partial charge in [-0.05, 0) is 73.4 Å². The summed E-state index contributed by atoms with van der Waals surface area (Å²) >= 11 is 0. The van der Waals surface area contributed by atoms with Crippen LogP contribution < -0.4 is 15.5 Å². The topological polar surface area (TPSA) is 182 Å². The molecule has 4 amide bonds. The lowest BCUT2D eigenvalue weighted by Crippen LogP contribution is -2.43. The van der Waals surface area contributed by atoms with Gasteiger partial charge in [0.2, 0.25) is 11.8 Å². The molecule has 6 aromatic rings. The van der Waals surface area contributed by atoms with Crippen molar-refractivity contribution in [2.45, 2.75) is 75.0 Å². The summed E-state index contributed by atoms with van der Waals surface area (Å²) < 4.78 is 36.8. The molecule has 3 aromatic heterocycles. The van der Waals surface area contributed by atoms with Gasteiger partial charge in [0.1, 0.15) is 41.1 Å². The summed E-state index contributed by atoms with van der Waals surface area (Å²) in [4.78, 5) is 79.0. The van der Waals surface area contributed by atoms with E-state index in [1.807, 2.05) is 42.5 Å². The Hall–Kier alpha value is -7.43. The highest BCUT2D eigenvalue weighted by molar-refractivity contribution is 5.90. The van der Waals surface area contributed by atoms with E-state index >= 15 is 8.78 Å². The lowest BCUT2D eigenvalue weighted by atomic mass is 9.93. The molecular formula is C50H52F2N10O5. The second-order valence-corrected chi connectivity index (χ2v) is 17.3. The molecule has 3 aromatic carbocycles. The predicted octanol–water partition coefficient (Wildman–Crippen LogP) is 7.38. The van der Waals surface area contributed by atoms with Crippen molar-refractivity contribution in [2.75, 3.05) is 38.2 Å². The third-order valence-electron chi connectivity index (χ3n) is 13.1. The number of ether oxygens (including phenoxy) is 1. The molecule has 0 aliphatic carbocycles. The van der Waals surface area contributed by atoms with Crippen molar-refractivity contribution in [2.24, 2.45) is 0 Å². The van der Waals surface area contributed by atoms with Crippen molar-refractivity contribution < 1.29 is 32.7 Å². The number of benzene rings is 3. The Morgan fingerprint density at radius 2 is 1.30 bits per heavy atom. The molecule has 0 radical (unpaired) electrons. The molecule has 3 aliphatic heterocycles. The minimum absolute atomic E-state index is 0.0574. The number of imidazole rings is 2. The molecule has 9 rings (SSSR count). The molecule has 0 saturated carbocycles. The largest absolute Gasteiger partial charge is 0.453 e. The van der Waals surface area contributed by atoms with Gasteiger partial charge >= 0.3 is 6.09 Å². The number of nitrogens with zero attached hydrogens (tertiary/aromatic N) is 6. The van der Waals surface area contributed by atoms with Gasteiger partial charge in [0.15, 0.2) is 0 Å². The number of carbonyl (C=O) groups is 4. The number of hydrogen-bond donors (Lipinski definition) is 4. The molecule has 0 spiro atoms. The lowest BCUT2D eigenvalue weighted by Gasteiger charge is -2.33. The number of aromatic amines is 2. The molecule has 0 unspecified atom stereocenters. The van der Waals surface area contributed by atoms with Crippen molar-refractivity contribution >= 4 is 29.5 Å². The third-order valence-corrected chi connectivity index (χ3v) is 13.1. The van der Waals surface area contributed by atoms with Crippen LogP contribution in [0, 0.1) is 11.6 Å². The van der Waals surface area contributed by atoms with Crippen LogP contribution in [0.15, 0.2) is 110 Å². The van der Waals surface area contributed by atoms with Gasteiger partial charge < -0.3 is 40.0 Å². The van der Waals surface area contributed by atoms with E-state index in [1.54, 1.807) is 63.6 Å². The summed E-state index contributed by atoms with van der Waals surface area (Å²) in [7, 11) is 1.24. The van der Waals surface area contributed by atoms with Crippen LogP contribution in [0.3, 0.4) is 0 Å². The van der Waals surface area contributed by atoms with Crippen molar-refractivity contribution in [3.8, 4) is 11.3 Å². The predicted molar refractivity (Wildman–Crippen MR) is 244 cm³/mol. The first-order chi connectivity index (χ1) is 32.6. The third kappa shape index (κ3) is 9.76. The summed E-state index contributed by atoms with van der Waals surface area (Å²) in [6.45, 7) is 1.78. The van der Waals surface area contributed by atoms with Gasteiger partial charge in [-0.2, -0.15) is 0 Å². The summed E-state index contributed by atoms with van der Waals surface area (Å²) in [5.74, 6) is -1.00. The van der Waals surface area contributed by atoms with Gasteiger partial charge in [0, 0.05) is 61.9 Å². The van der Waals surface area contributed by atoms with E-state index in [0.29, 0.717) is 86.8 Å². The van der Waals surface area contributed by atoms with Crippen LogP contribution in [-0.4, -0.2) is 91.8 Å². The Balaban J connectivity index is 0.837. The molecule has 4 atom stereocenters. The number of alkyl carbamates (subject to hydrolysis) is 1. The van der Waals surface area contributed by atoms with Crippen molar-refractivity contribution in [3.05, 3.63) is 155 Å². The number of hydrogen-bond acceptors (Lipinski definition) is 9. The maximum Gasteiger partial charge on any atom is 0.407 e. The Morgan fingerprint density at radius 1 is 0.716 bits per heavy atom. The zero-order chi connectivity index (χ0) is 46.4. The maximum absolute atomic E-state index is 16.0. The first kappa shape index (κ1) is 44.8. The van der Waals surface area contributed by atoms with E-state index in [4.69, 9.17) is 9.72 Å². The number of piperidine rings is 1. The second-order valence-electron chi connectivity index (χ2n) is 17.3. The molecule has 3 fully saturated rings. The van der Waals surface area contributed by atoms with Crippen LogP contribution in [0.2, 0.25) is 0 Å². The minimum Gasteiger partial charge on any atom is -0.453 e. The zero-order valence-corrected chi connectivity index (χ0v) is 37.0. The average Bonchev–Trinajstić information content (AvgIpc) is 4.21. The minimum atomic E-state index is -0.979. The Bertz CT molecular complexity index is 2670. The van der Waals surface area contributed by atoms with Crippen LogP contribution in [0.5, 0.6) is 0 Å². The van der Waals surface area contributed by atoms with Gasteiger partial charge in [-0.3, -0.25) is 19.4 Å². The zero-order valence-electron chi connectivity index (χ0n) is 37.0. The number of aromatic nitrogens is 5. The summed E-state index contributed by atoms with van der Waals surface area (Å²) in [5.41, 5.74) is 3.54. The van der Waals surface area contributed by atoms with Gasteiger partial charge in [0.05, 0.1) is 37.5 Å². The van der Waals surface area contributed by atoms with Crippen LogP contribution in [0.4, 0.5) is 19.3 Å². The number of nitrogens with one attached hydrogen (secondary N) is 4. The van der Waals surface area contributed by atoms with Gasteiger partial charge in [-0.1, -0.05) is 66.7 Å². The lowest BCUT2D eigenvalue weighted by molar-refractivity contribution is -0.137. The average molecular weight is 911 g/mol. The standard InChI is InChI=1S/C50H52F2N10O5/c1-67-50(66)59-44(34-14-6-3-7-15-34)49(65)62-22-10-17-41(62)47-55-30-39(57-47)35-26-36(51)45(37(52)27-35)60-23-18-32(19-24-60)38-29-54-46(56-38)40-16-9-21-61(40)48(64)43(33-12-4-2-5-13-33)58-42(63)25-31-11-8-20-53-28-31/h2-8,11-15,20,26-30,32,40-41,43-44H,9-10,16-19,21-25H2,1H3,(H,54,56)(H,55,57)(H,58,63)(H,59,66)/t40-,41-,43+,44+/m0/s1. The number of pyridine rings is 1. The van der Waals surface area contributed by atoms with E-state index in [-0.39, 0.29) is 47.4 Å². The monoisotopic (exact) mass is 910 g/mol. The SMILES string of the molecule is COC(=O)N[C@@H](C(=O)N1CCC[C@H]1c1ncc(-c2cc(F)c(N3CCC(c4cnc([C@@H]5CCCN5C(=O)[C@H](NC(=O)Cc5cccnc5)c5ccccc5)[nH]4)CC3)c(F)c2)[nH]1)c1ccccc1. The maximum atomic E-state index is 16.0. The van der Waals surface area contributed by atoms with E-state index in [1.165, 1.54) is 25.4 Å². The Kier molecular flexibility index (Phi) is 13.3. The van der Waals surface area contributed by atoms with Crippen molar-refractivity contribution in [1.29, 1.82) is 0 Å². The summed E-state index contributed by atoms with van der Waals surface area (Å²) in [6, 6.07) is 21.7. The highest BCUT2D eigenvalue weighted by Crippen LogP contribution is 2.39. The number of likely N-dealkylation sites (tertiary alicyclic amines) is 2. The van der Waals surface area contributed by atoms with Crippen LogP contribution >= 0.6 is 0 Å². The molecular weight excluding hydrogens is 859 g/mol. The molecule has 3 aliphatic rings. The van der Waals surface area contributed by atoms with Crippen LogP contribution in [0.1, 0.15) is 103 Å². The number of rotatable bonds is 13. The van der Waals surface area contributed by atoms with Gasteiger partial charge in [-0.15, -0.1) is 0 Å². The highest BCUT2D eigenvalue weighted by Gasteiger charge is 2.39. The fourth-order valence-corrected chi connectivity index (χ4v) is 9.72. The summed E-state index contributed by atoms with van der Waals surface area (Å²) in [6.07, 6.45) is 10.00. The fourth-order valence-electron chi connectivity index (χ4n) is 9.72. The first-order valence-electron chi connectivity index (χ1n) is 22.7. The number of anilines is 1. The number of methoxy groups -OCH3 is 1. The van der Waals surface area contributed by atoms with Gasteiger partial charge in [-0.25, -0.2) is 23.5 Å². The molecule has 346 valence electrons. The van der Waals surface area contributed by atoms with Crippen LogP contribution in [-0.2, 0) is 25.5 Å². The van der Waals surface area contributed by atoms with Gasteiger partial charge in [0.25, 0.3) is 5.91 Å². The Morgan fingerprint density at radius 3 is 1.88 bits per heavy atom. The van der Waals surface area contributed by atoms with E-state index in [2.05, 4.69) is 30.6 Å². The molecule has 15 nitrogen and oxygen atoms in total. The molecule has 4 N–H and O–H groups in total. The molecule has 6 heterocycles. The molecule has 0 bridgehead atoms. The first-order valence-corrected chi connectivity index (χ1v) is 22.7. The number of halogens is 2. The van der Waals surface area contributed by atoms with Crippen molar-refractivity contribution in [3.63, 3.8) is 0 Å². The van der Waals surface area contributed by atoms with E-state index in [0.717, 1.165) is 17.7 Å². The van der Waals surface area contributed by atoms with E-state index in [9.17, 15) is 19.2 Å².